The summed E-state index contributed by atoms with van der Waals surface area (Å²) in [5, 5.41) is 9.30. The fourth-order valence-electron chi connectivity index (χ4n) is 2.71. The summed E-state index contributed by atoms with van der Waals surface area (Å²) in [5.41, 5.74) is 0.461. The normalized spacial score (nSPS) is 17.8. The molecule has 1 aromatic carbocycles. The molecule has 1 aliphatic rings. The molecule has 1 amide bonds. The number of methoxy groups -OCH3 is 1. The van der Waals surface area contributed by atoms with Crippen molar-refractivity contribution < 1.29 is 24.2 Å². The number of carboxylic acid groups (broad SMARTS) is 1. The Bertz CT molecular complexity index is 546. The lowest BCUT2D eigenvalue weighted by Gasteiger charge is -2.33. The molecule has 1 atom stereocenters. The lowest BCUT2D eigenvalue weighted by Crippen LogP contribution is -2.47. The highest BCUT2D eigenvalue weighted by Crippen LogP contribution is 2.22. The van der Waals surface area contributed by atoms with Crippen molar-refractivity contribution in [2.45, 2.75) is 31.7 Å². The summed E-state index contributed by atoms with van der Waals surface area (Å²) in [6.07, 6.45) is 2.95. The minimum atomic E-state index is -0.940. The van der Waals surface area contributed by atoms with Crippen LogP contribution in [0.1, 0.15) is 36.0 Å². The van der Waals surface area contributed by atoms with E-state index < -0.39 is 12.0 Å². The zero-order chi connectivity index (χ0) is 16.7. The first kappa shape index (κ1) is 17.3. The molecule has 6 heteroatoms. The Kier molecular flexibility index (Phi) is 6.40. The SMILES string of the molecule is COCCCOc1cccc(C(=O)N2CCCCC2C(=O)O)c1. The van der Waals surface area contributed by atoms with Gasteiger partial charge in [0.2, 0.25) is 0 Å². The van der Waals surface area contributed by atoms with Crippen molar-refractivity contribution in [2.75, 3.05) is 26.9 Å². The van der Waals surface area contributed by atoms with Gasteiger partial charge in [-0.15, -0.1) is 0 Å². The van der Waals surface area contributed by atoms with Crippen molar-refractivity contribution >= 4 is 11.9 Å². The molecule has 0 saturated carbocycles. The molecule has 1 aliphatic heterocycles. The van der Waals surface area contributed by atoms with Gasteiger partial charge in [0.05, 0.1) is 6.61 Å². The molecular weight excluding hydrogens is 298 g/mol. The Morgan fingerprint density at radius 1 is 1.30 bits per heavy atom. The average Bonchev–Trinajstić information content (AvgIpc) is 2.58. The van der Waals surface area contributed by atoms with Crippen LogP contribution in [0.15, 0.2) is 24.3 Å². The van der Waals surface area contributed by atoms with E-state index in [9.17, 15) is 14.7 Å². The zero-order valence-electron chi connectivity index (χ0n) is 13.4. The van der Waals surface area contributed by atoms with Crippen molar-refractivity contribution in [1.82, 2.24) is 4.90 Å². The van der Waals surface area contributed by atoms with E-state index >= 15 is 0 Å². The van der Waals surface area contributed by atoms with Crippen molar-refractivity contribution in [3.63, 3.8) is 0 Å². The number of carboxylic acids is 1. The summed E-state index contributed by atoms with van der Waals surface area (Å²) in [4.78, 5) is 25.4. The fraction of sp³-hybridized carbons (Fsp3) is 0.529. The fourth-order valence-corrected chi connectivity index (χ4v) is 2.71. The Hall–Kier alpha value is -2.08. The first-order chi connectivity index (χ1) is 11.1. The van der Waals surface area contributed by atoms with E-state index in [1.165, 1.54) is 4.90 Å². The zero-order valence-corrected chi connectivity index (χ0v) is 13.4. The third-order valence-corrected chi connectivity index (χ3v) is 3.89. The van der Waals surface area contributed by atoms with Crippen LogP contribution >= 0.6 is 0 Å². The minimum absolute atomic E-state index is 0.251. The Balaban J connectivity index is 2.04. The van der Waals surface area contributed by atoms with Crippen LogP contribution in [0.4, 0.5) is 0 Å². The van der Waals surface area contributed by atoms with E-state index in [1.54, 1.807) is 31.4 Å². The van der Waals surface area contributed by atoms with E-state index in [1.807, 2.05) is 0 Å². The predicted molar refractivity (Wildman–Crippen MR) is 84.7 cm³/mol. The second-order valence-electron chi connectivity index (χ2n) is 5.57. The van der Waals surface area contributed by atoms with Gasteiger partial charge in [0, 0.05) is 32.2 Å². The molecule has 1 unspecified atom stereocenters. The highest BCUT2D eigenvalue weighted by Gasteiger charge is 2.32. The molecule has 1 heterocycles. The van der Waals surface area contributed by atoms with Gasteiger partial charge in [-0.2, -0.15) is 0 Å². The summed E-state index contributed by atoms with van der Waals surface area (Å²) in [7, 11) is 1.64. The smallest absolute Gasteiger partial charge is 0.326 e. The molecule has 6 nitrogen and oxygen atoms in total. The third kappa shape index (κ3) is 4.69. The first-order valence-electron chi connectivity index (χ1n) is 7.89. The number of nitrogens with zero attached hydrogens (tertiary/aromatic N) is 1. The topological polar surface area (TPSA) is 76.1 Å². The van der Waals surface area contributed by atoms with E-state index in [0.29, 0.717) is 37.5 Å². The Labute approximate surface area is 136 Å². The number of rotatable bonds is 7. The van der Waals surface area contributed by atoms with E-state index in [0.717, 1.165) is 19.3 Å². The molecule has 1 N–H and O–H groups in total. The number of hydrogen-bond acceptors (Lipinski definition) is 4. The van der Waals surface area contributed by atoms with Gasteiger partial charge in [0.25, 0.3) is 5.91 Å². The molecule has 1 saturated heterocycles. The summed E-state index contributed by atoms with van der Waals surface area (Å²) >= 11 is 0. The molecule has 0 aliphatic carbocycles. The lowest BCUT2D eigenvalue weighted by molar-refractivity contribution is -0.143. The summed E-state index contributed by atoms with van der Waals surface area (Å²) in [6.45, 7) is 1.61. The molecular formula is C17H23NO5. The number of carbonyl (C=O) groups excluding carboxylic acids is 1. The van der Waals surface area contributed by atoms with E-state index in [2.05, 4.69) is 0 Å². The van der Waals surface area contributed by atoms with Crippen molar-refractivity contribution in [1.29, 1.82) is 0 Å². The van der Waals surface area contributed by atoms with Crippen LogP contribution in [-0.2, 0) is 9.53 Å². The maximum Gasteiger partial charge on any atom is 0.326 e. The summed E-state index contributed by atoms with van der Waals surface area (Å²) in [5.74, 6) is -0.583. The third-order valence-electron chi connectivity index (χ3n) is 3.89. The molecule has 2 rings (SSSR count). The number of likely N-dealkylation sites (tertiary alicyclic amines) is 1. The number of ether oxygens (including phenoxy) is 2. The number of carbonyl (C=O) groups is 2. The number of piperidine rings is 1. The first-order valence-corrected chi connectivity index (χ1v) is 7.89. The van der Waals surface area contributed by atoms with Crippen LogP contribution in [0.2, 0.25) is 0 Å². The second kappa shape index (κ2) is 8.53. The molecule has 126 valence electrons. The van der Waals surface area contributed by atoms with Crippen molar-refractivity contribution in [2.24, 2.45) is 0 Å². The van der Waals surface area contributed by atoms with Gasteiger partial charge in [-0.3, -0.25) is 4.79 Å². The number of hydrogen-bond donors (Lipinski definition) is 1. The maximum atomic E-state index is 12.6. The van der Waals surface area contributed by atoms with Crippen LogP contribution in [0.5, 0.6) is 5.75 Å². The van der Waals surface area contributed by atoms with E-state index in [-0.39, 0.29) is 5.91 Å². The van der Waals surface area contributed by atoms with Gasteiger partial charge < -0.3 is 19.5 Å². The monoisotopic (exact) mass is 321 g/mol. The maximum absolute atomic E-state index is 12.6. The standard InChI is InChI=1S/C17H23NO5/c1-22-10-5-11-23-14-7-4-6-13(12-14)16(19)18-9-3-2-8-15(18)17(20)21/h4,6-7,12,15H,2-3,5,8-11H2,1H3,(H,20,21). The largest absolute Gasteiger partial charge is 0.493 e. The Morgan fingerprint density at radius 2 is 2.13 bits per heavy atom. The van der Waals surface area contributed by atoms with Gasteiger partial charge in [0.1, 0.15) is 11.8 Å². The number of amides is 1. The Morgan fingerprint density at radius 3 is 2.87 bits per heavy atom. The molecule has 0 spiro atoms. The predicted octanol–water partition coefficient (Wildman–Crippen LogP) is 2.18. The molecule has 0 bridgehead atoms. The molecule has 23 heavy (non-hydrogen) atoms. The highest BCUT2D eigenvalue weighted by molar-refractivity contribution is 5.97. The number of benzene rings is 1. The number of aliphatic carboxylic acids is 1. The van der Waals surface area contributed by atoms with Crippen LogP contribution in [0, 0.1) is 0 Å². The van der Waals surface area contributed by atoms with Gasteiger partial charge in [-0.25, -0.2) is 4.79 Å². The quantitative estimate of drug-likeness (QED) is 0.779. The summed E-state index contributed by atoms with van der Waals surface area (Å²) < 4.78 is 10.6. The van der Waals surface area contributed by atoms with Gasteiger partial charge in [-0.05, 0) is 37.5 Å². The van der Waals surface area contributed by atoms with Crippen LogP contribution < -0.4 is 4.74 Å². The minimum Gasteiger partial charge on any atom is -0.493 e. The van der Waals surface area contributed by atoms with Crippen LogP contribution in [0.3, 0.4) is 0 Å². The molecule has 0 aromatic heterocycles. The average molecular weight is 321 g/mol. The highest BCUT2D eigenvalue weighted by atomic mass is 16.5. The molecule has 0 radical (unpaired) electrons. The second-order valence-corrected chi connectivity index (χ2v) is 5.57. The lowest BCUT2D eigenvalue weighted by atomic mass is 10.0. The molecule has 1 fully saturated rings. The van der Waals surface area contributed by atoms with Crippen LogP contribution in [-0.4, -0.2) is 54.8 Å². The van der Waals surface area contributed by atoms with E-state index in [4.69, 9.17) is 9.47 Å². The van der Waals surface area contributed by atoms with Crippen LogP contribution in [0.25, 0.3) is 0 Å². The molecule has 1 aromatic rings. The van der Waals surface area contributed by atoms with Gasteiger partial charge >= 0.3 is 5.97 Å². The van der Waals surface area contributed by atoms with Gasteiger partial charge in [-0.1, -0.05) is 6.07 Å². The van der Waals surface area contributed by atoms with Crippen molar-refractivity contribution in [3.8, 4) is 5.75 Å². The summed E-state index contributed by atoms with van der Waals surface area (Å²) in [6, 6.07) is 6.16. The van der Waals surface area contributed by atoms with Crippen molar-refractivity contribution in [3.05, 3.63) is 29.8 Å². The van der Waals surface area contributed by atoms with Gasteiger partial charge in [0.15, 0.2) is 0 Å².